The van der Waals surface area contributed by atoms with Crippen LogP contribution in [0.15, 0.2) is 22.7 Å². The van der Waals surface area contributed by atoms with Crippen LogP contribution in [0.1, 0.15) is 38.5 Å². The van der Waals surface area contributed by atoms with Crippen LogP contribution in [0.2, 0.25) is 0 Å². The predicted molar refractivity (Wildman–Crippen MR) is 82.2 cm³/mol. The zero-order chi connectivity index (χ0) is 14.6. The number of halogens is 2. The van der Waals surface area contributed by atoms with Crippen LogP contribution in [0.25, 0.3) is 0 Å². The van der Waals surface area contributed by atoms with E-state index in [4.69, 9.17) is 0 Å². The first kappa shape index (κ1) is 15.4. The molecule has 0 atom stereocenters. The Labute approximate surface area is 127 Å². The number of hydrogen-bond donors (Lipinski definition) is 2. The van der Waals surface area contributed by atoms with Crippen molar-refractivity contribution < 1.29 is 9.18 Å². The van der Waals surface area contributed by atoms with E-state index in [9.17, 15) is 9.18 Å². The summed E-state index contributed by atoms with van der Waals surface area (Å²) >= 11 is 3.26. The number of amides is 1. The van der Waals surface area contributed by atoms with Crippen LogP contribution in [0.4, 0.5) is 10.1 Å². The highest BCUT2D eigenvalue weighted by molar-refractivity contribution is 9.10. The summed E-state index contributed by atoms with van der Waals surface area (Å²) in [6.45, 7) is 0. The van der Waals surface area contributed by atoms with Gasteiger partial charge in [-0.25, -0.2) is 4.39 Å². The van der Waals surface area contributed by atoms with E-state index in [2.05, 4.69) is 26.6 Å². The zero-order valence-corrected chi connectivity index (χ0v) is 13.2. The van der Waals surface area contributed by atoms with Crippen molar-refractivity contribution in [3.63, 3.8) is 0 Å². The molecule has 0 heterocycles. The van der Waals surface area contributed by atoms with Crippen molar-refractivity contribution in [3.8, 4) is 0 Å². The maximum absolute atomic E-state index is 13.0. The zero-order valence-electron chi connectivity index (χ0n) is 11.6. The summed E-state index contributed by atoms with van der Waals surface area (Å²) in [5, 5.41) is 6.18. The Morgan fingerprint density at radius 2 is 2.05 bits per heavy atom. The second-order valence-electron chi connectivity index (χ2n) is 5.44. The molecule has 20 heavy (non-hydrogen) atoms. The standard InChI is InChI=1S/C15H20BrFN2O/c1-18-15(7-3-2-4-8-15)10-14(20)19-13-6-5-11(17)9-12(13)16/h5-6,9,18H,2-4,7-8,10H2,1H3,(H,19,20). The van der Waals surface area contributed by atoms with Gasteiger partial charge in [-0.2, -0.15) is 0 Å². The van der Waals surface area contributed by atoms with E-state index in [1.54, 1.807) is 6.07 Å². The quantitative estimate of drug-likeness (QED) is 0.872. The highest BCUT2D eigenvalue weighted by Crippen LogP contribution is 2.31. The van der Waals surface area contributed by atoms with Crippen LogP contribution in [-0.4, -0.2) is 18.5 Å². The molecule has 0 aromatic heterocycles. The van der Waals surface area contributed by atoms with Gasteiger partial charge in [0.1, 0.15) is 5.82 Å². The van der Waals surface area contributed by atoms with Crippen LogP contribution < -0.4 is 10.6 Å². The molecule has 0 spiro atoms. The van der Waals surface area contributed by atoms with E-state index in [1.807, 2.05) is 7.05 Å². The van der Waals surface area contributed by atoms with E-state index in [0.29, 0.717) is 16.6 Å². The van der Waals surface area contributed by atoms with E-state index in [0.717, 1.165) is 25.7 Å². The fourth-order valence-corrected chi connectivity index (χ4v) is 3.29. The van der Waals surface area contributed by atoms with E-state index in [1.165, 1.54) is 18.6 Å². The van der Waals surface area contributed by atoms with Crippen molar-refractivity contribution in [2.45, 2.75) is 44.1 Å². The minimum atomic E-state index is -0.325. The van der Waals surface area contributed by atoms with Gasteiger partial charge in [0.15, 0.2) is 0 Å². The normalized spacial score (nSPS) is 17.8. The Morgan fingerprint density at radius 1 is 1.35 bits per heavy atom. The molecule has 1 saturated carbocycles. The molecular formula is C15H20BrFN2O. The van der Waals surface area contributed by atoms with Gasteiger partial charge in [0.2, 0.25) is 5.91 Å². The minimum absolute atomic E-state index is 0.0337. The van der Waals surface area contributed by atoms with Crippen molar-refractivity contribution in [2.75, 3.05) is 12.4 Å². The number of rotatable bonds is 4. The third-order valence-corrected chi connectivity index (χ3v) is 4.70. The summed E-state index contributed by atoms with van der Waals surface area (Å²) in [5.41, 5.74) is 0.521. The summed E-state index contributed by atoms with van der Waals surface area (Å²) in [7, 11) is 1.92. The van der Waals surface area contributed by atoms with E-state index >= 15 is 0 Å². The average Bonchev–Trinajstić information content (AvgIpc) is 2.43. The molecule has 2 rings (SSSR count). The van der Waals surface area contributed by atoms with Crippen LogP contribution in [-0.2, 0) is 4.79 Å². The molecule has 0 aliphatic heterocycles. The molecule has 1 aliphatic rings. The lowest BCUT2D eigenvalue weighted by Gasteiger charge is -2.36. The Kier molecular flexibility index (Phi) is 5.16. The number of benzene rings is 1. The summed E-state index contributed by atoms with van der Waals surface area (Å²) in [6, 6.07) is 4.27. The third-order valence-electron chi connectivity index (χ3n) is 4.05. The van der Waals surface area contributed by atoms with Gasteiger partial charge in [0.05, 0.1) is 5.69 Å². The lowest BCUT2D eigenvalue weighted by Crippen LogP contribution is -2.47. The molecule has 0 unspecified atom stereocenters. The molecular weight excluding hydrogens is 323 g/mol. The molecule has 1 aromatic carbocycles. The number of anilines is 1. The molecule has 0 radical (unpaired) electrons. The van der Waals surface area contributed by atoms with Gasteiger partial charge in [-0.15, -0.1) is 0 Å². The van der Waals surface area contributed by atoms with Gasteiger partial charge in [-0.05, 0) is 54.0 Å². The van der Waals surface area contributed by atoms with Crippen molar-refractivity contribution >= 4 is 27.5 Å². The Balaban J connectivity index is 2.00. The Hall–Kier alpha value is -0.940. The van der Waals surface area contributed by atoms with Gasteiger partial charge in [-0.1, -0.05) is 19.3 Å². The molecule has 3 nitrogen and oxygen atoms in total. The number of hydrogen-bond acceptors (Lipinski definition) is 2. The summed E-state index contributed by atoms with van der Waals surface area (Å²) in [5.74, 6) is -0.359. The van der Waals surface area contributed by atoms with Gasteiger partial charge in [0.25, 0.3) is 0 Å². The first-order valence-corrected chi connectivity index (χ1v) is 7.78. The lowest BCUT2D eigenvalue weighted by atomic mass is 9.79. The van der Waals surface area contributed by atoms with Crippen LogP contribution in [0.3, 0.4) is 0 Å². The van der Waals surface area contributed by atoms with Crippen molar-refractivity contribution in [1.82, 2.24) is 5.32 Å². The first-order valence-electron chi connectivity index (χ1n) is 6.98. The van der Waals surface area contributed by atoms with Gasteiger partial charge in [-0.3, -0.25) is 4.79 Å². The number of carbonyl (C=O) groups excluding carboxylic acids is 1. The van der Waals surface area contributed by atoms with Crippen molar-refractivity contribution in [3.05, 3.63) is 28.5 Å². The molecule has 1 aromatic rings. The maximum atomic E-state index is 13.0. The summed E-state index contributed by atoms with van der Waals surface area (Å²) in [6.07, 6.45) is 6.08. The van der Waals surface area contributed by atoms with E-state index in [-0.39, 0.29) is 17.3 Å². The molecule has 1 aliphatic carbocycles. The van der Waals surface area contributed by atoms with Crippen molar-refractivity contribution in [2.24, 2.45) is 0 Å². The largest absolute Gasteiger partial charge is 0.325 e. The van der Waals surface area contributed by atoms with Crippen molar-refractivity contribution in [1.29, 1.82) is 0 Å². The van der Waals surface area contributed by atoms with Gasteiger partial charge >= 0.3 is 0 Å². The van der Waals surface area contributed by atoms with Gasteiger partial charge < -0.3 is 10.6 Å². The second-order valence-corrected chi connectivity index (χ2v) is 6.29. The third kappa shape index (κ3) is 3.79. The second kappa shape index (κ2) is 6.68. The molecule has 5 heteroatoms. The fraction of sp³-hybridized carbons (Fsp3) is 0.533. The van der Waals surface area contributed by atoms with E-state index < -0.39 is 0 Å². The Bertz CT molecular complexity index is 487. The maximum Gasteiger partial charge on any atom is 0.226 e. The van der Waals surface area contributed by atoms with Crippen LogP contribution in [0.5, 0.6) is 0 Å². The molecule has 1 fully saturated rings. The Morgan fingerprint density at radius 3 is 2.65 bits per heavy atom. The minimum Gasteiger partial charge on any atom is -0.325 e. The molecule has 2 N–H and O–H groups in total. The topological polar surface area (TPSA) is 41.1 Å². The molecule has 1 amide bonds. The first-order chi connectivity index (χ1) is 9.54. The average molecular weight is 343 g/mol. The monoisotopic (exact) mass is 342 g/mol. The fourth-order valence-electron chi connectivity index (χ4n) is 2.84. The molecule has 0 bridgehead atoms. The van der Waals surface area contributed by atoms with Gasteiger partial charge in [0, 0.05) is 16.4 Å². The number of nitrogens with one attached hydrogen (secondary N) is 2. The van der Waals surface area contributed by atoms with Crippen LogP contribution in [0, 0.1) is 5.82 Å². The summed E-state index contributed by atoms with van der Waals surface area (Å²) in [4.78, 5) is 12.2. The number of carbonyl (C=O) groups is 1. The molecule has 110 valence electrons. The molecule has 0 saturated heterocycles. The predicted octanol–water partition coefficient (Wildman–Crippen LogP) is 3.84. The lowest BCUT2D eigenvalue weighted by molar-refractivity contribution is -0.117. The SMILES string of the molecule is CNC1(CC(=O)Nc2ccc(F)cc2Br)CCCCC1. The smallest absolute Gasteiger partial charge is 0.226 e. The van der Waals surface area contributed by atoms with Crippen LogP contribution >= 0.6 is 15.9 Å². The highest BCUT2D eigenvalue weighted by Gasteiger charge is 2.32. The summed E-state index contributed by atoms with van der Waals surface area (Å²) < 4.78 is 13.6. The highest BCUT2D eigenvalue weighted by atomic mass is 79.9.